The van der Waals surface area contributed by atoms with Crippen LogP contribution in [0, 0.1) is 11.3 Å². The zero-order chi connectivity index (χ0) is 20.4. The first-order valence-electron chi connectivity index (χ1n) is 8.94. The number of hydrogen-bond acceptors (Lipinski definition) is 4. The second kappa shape index (κ2) is 7.75. The van der Waals surface area contributed by atoms with Crippen LogP contribution in [-0.4, -0.2) is 13.7 Å². The first kappa shape index (κ1) is 19.3. The zero-order valence-electron chi connectivity index (χ0n) is 15.2. The van der Waals surface area contributed by atoms with Gasteiger partial charge in [0.05, 0.1) is 11.0 Å². The van der Waals surface area contributed by atoms with E-state index in [-0.39, 0.29) is 4.90 Å². The molecule has 1 aliphatic heterocycles. The largest absolute Gasteiger partial charge is 0.457 e. The summed E-state index contributed by atoms with van der Waals surface area (Å²) in [5.41, 5.74) is 1.42. The Morgan fingerprint density at radius 1 is 0.931 bits per heavy atom. The molecule has 3 aromatic rings. The summed E-state index contributed by atoms with van der Waals surface area (Å²) in [6.45, 7) is 0. The summed E-state index contributed by atoms with van der Waals surface area (Å²) in [4.78, 5) is 0.122. The van der Waals surface area contributed by atoms with Crippen molar-refractivity contribution in [3.05, 3.63) is 101 Å². The first-order valence-corrected chi connectivity index (χ1v) is 10.9. The van der Waals surface area contributed by atoms with Gasteiger partial charge in [0, 0.05) is 22.1 Å². The zero-order valence-corrected chi connectivity index (χ0v) is 16.8. The van der Waals surface area contributed by atoms with Crippen molar-refractivity contribution < 1.29 is 13.2 Å². The van der Waals surface area contributed by atoms with E-state index < -0.39 is 21.0 Å². The van der Waals surface area contributed by atoms with Crippen molar-refractivity contribution in [2.45, 2.75) is 16.1 Å². The third-order valence-electron chi connectivity index (χ3n) is 4.82. The molecule has 0 fully saturated rings. The van der Waals surface area contributed by atoms with Gasteiger partial charge in [0.2, 0.25) is 0 Å². The van der Waals surface area contributed by atoms with Crippen molar-refractivity contribution in [2.75, 3.05) is 0 Å². The molecule has 4 nitrogen and oxygen atoms in total. The monoisotopic (exact) mass is 421 g/mol. The third-order valence-corrected chi connectivity index (χ3v) is 7.07. The highest BCUT2D eigenvalue weighted by molar-refractivity contribution is 7.92. The Bertz CT molecular complexity index is 1210. The molecule has 144 valence electrons. The number of allylic oxidation sites excluding steroid dienone is 1. The third kappa shape index (κ3) is 3.65. The van der Waals surface area contributed by atoms with E-state index in [1.54, 1.807) is 66.7 Å². The molecule has 2 unspecified atom stereocenters. The van der Waals surface area contributed by atoms with E-state index in [1.165, 1.54) is 12.1 Å². The summed E-state index contributed by atoms with van der Waals surface area (Å²) in [5, 5.41) is 9.17. The molecule has 3 aromatic carbocycles. The average Bonchev–Trinajstić information content (AvgIpc) is 2.75. The van der Waals surface area contributed by atoms with Gasteiger partial charge in [-0.2, -0.15) is 5.26 Å². The Balaban J connectivity index is 1.85. The molecule has 0 saturated carbocycles. The molecule has 1 heterocycles. The van der Waals surface area contributed by atoms with Crippen LogP contribution in [-0.2, 0) is 9.84 Å². The van der Waals surface area contributed by atoms with E-state index in [2.05, 4.69) is 0 Å². The van der Waals surface area contributed by atoms with Crippen LogP contribution in [0.25, 0.3) is 5.76 Å². The lowest BCUT2D eigenvalue weighted by Crippen LogP contribution is -2.28. The number of ether oxygens (including phenoxy) is 1. The van der Waals surface area contributed by atoms with Crippen LogP contribution < -0.4 is 4.74 Å². The van der Waals surface area contributed by atoms with E-state index in [0.717, 1.165) is 5.56 Å². The number of halogens is 1. The number of rotatable bonds is 4. The Morgan fingerprint density at radius 3 is 2.28 bits per heavy atom. The molecule has 0 saturated heterocycles. The number of sulfone groups is 1. The topological polar surface area (TPSA) is 67.2 Å². The van der Waals surface area contributed by atoms with E-state index in [1.807, 2.05) is 12.1 Å². The highest BCUT2D eigenvalue weighted by atomic mass is 35.5. The normalized spacial score (nSPS) is 16.7. The summed E-state index contributed by atoms with van der Waals surface area (Å²) in [5.74, 6) is 0.350. The summed E-state index contributed by atoms with van der Waals surface area (Å²) >= 11 is 5.98. The van der Waals surface area contributed by atoms with Gasteiger partial charge in [-0.15, -0.1) is 0 Å². The number of hydrogen-bond donors (Lipinski definition) is 0. The molecule has 0 amide bonds. The van der Waals surface area contributed by atoms with Crippen LogP contribution >= 0.6 is 11.6 Å². The molecule has 1 aliphatic rings. The van der Waals surface area contributed by atoms with Crippen LogP contribution in [0.15, 0.2) is 89.8 Å². The second-order valence-corrected chi connectivity index (χ2v) is 9.12. The van der Waals surface area contributed by atoms with Crippen LogP contribution in [0.1, 0.15) is 17.0 Å². The fourth-order valence-electron chi connectivity index (χ4n) is 3.37. The van der Waals surface area contributed by atoms with Gasteiger partial charge in [-0.1, -0.05) is 48.0 Å². The van der Waals surface area contributed by atoms with Crippen molar-refractivity contribution in [2.24, 2.45) is 0 Å². The molecule has 0 aliphatic carbocycles. The molecular formula is C23H16ClNO3S. The van der Waals surface area contributed by atoms with Crippen molar-refractivity contribution in [3.8, 4) is 11.8 Å². The molecule has 2 atom stereocenters. The Morgan fingerprint density at radius 2 is 1.59 bits per heavy atom. The Kier molecular flexibility index (Phi) is 5.14. The van der Waals surface area contributed by atoms with Gasteiger partial charge in [-0.25, -0.2) is 8.42 Å². The minimum Gasteiger partial charge on any atom is -0.457 e. The Hall–Kier alpha value is -3.07. The highest BCUT2D eigenvalue weighted by Crippen LogP contribution is 2.41. The average molecular weight is 422 g/mol. The van der Waals surface area contributed by atoms with E-state index in [0.29, 0.717) is 22.1 Å². The number of fused-ring (bicyclic) bond motifs is 1. The van der Waals surface area contributed by atoms with Crippen LogP contribution in [0.5, 0.6) is 5.75 Å². The summed E-state index contributed by atoms with van der Waals surface area (Å²) in [7, 11) is -3.89. The lowest BCUT2D eigenvalue weighted by molar-refractivity contribution is 0.485. The number of nitrogens with zero attached hydrogens (tertiary/aromatic N) is 1. The van der Waals surface area contributed by atoms with E-state index >= 15 is 0 Å². The van der Waals surface area contributed by atoms with Gasteiger partial charge >= 0.3 is 0 Å². The standard InChI is InChI=1S/C23H16ClNO3S/c24-17-12-10-16(11-13-17)22-14-20(19-8-4-5-9-21(19)28-22)23(15-25)29(26,27)18-6-2-1-3-7-18/h1-14,20,23H. The van der Waals surface area contributed by atoms with Gasteiger partial charge in [0.25, 0.3) is 0 Å². The molecular weight excluding hydrogens is 406 g/mol. The number of benzene rings is 3. The quantitative estimate of drug-likeness (QED) is 0.579. The second-order valence-electron chi connectivity index (χ2n) is 6.61. The van der Waals surface area contributed by atoms with Gasteiger partial charge in [-0.05, 0) is 48.5 Å². The molecule has 4 rings (SSSR count). The molecule has 0 N–H and O–H groups in total. The molecule has 0 spiro atoms. The minimum absolute atomic E-state index is 0.122. The maximum absolute atomic E-state index is 13.3. The molecule has 0 aromatic heterocycles. The Labute approximate surface area is 174 Å². The van der Waals surface area contributed by atoms with Gasteiger partial charge in [-0.3, -0.25) is 0 Å². The van der Waals surface area contributed by atoms with Gasteiger partial charge in [0.1, 0.15) is 11.5 Å². The fraction of sp³-hybridized carbons (Fsp3) is 0.0870. The van der Waals surface area contributed by atoms with Crippen LogP contribution in [0.3, 0.4) is 0 Å². The van der Waals surface area contributed by atoms with Crippen molar-refractivity contribution >= 4 is 27.2 Å². The predicted molar refractivity (Wildman–Crippen MR) is 112 cm³/mol. The maximum atomic E-state index is 13.3. The summed E-state index contributed by atoms with van der Waals surface area (Å²) in [6, 6.07) is 24.3. The minimum atomic E-state index is -3.89. The smallest absolute Gasteiger partial charge is 0.195 e. The first-order chi connectivity index (χ1) is 14.0. The SMILES string of the molecule is N#CC(C1C=C(c2ccc(Cl)cc2)Oc2ccccc21)S(=O)(=O)c1ccccc1. The number of nitriles is 1. The van der Waals surface area contributed by atoms with E-state index in [9.17, 15) is 13.7 Å². The van der Waals surface area contributed by atoms with E-state index in [4.69, 9.17) is 16.3 Å². The summed E-state index contributed by atoms with van der Waals surface area (Å²) < 4.78 is 32.5. The van der Waals surface area contributed by atoms with Gasteiger partial charge in [0.15, 0.2) is 15.1 Å². The number of para-hydroxylation sites is 1. The summed E-state index contributed by atoms with van der Waals surface area (Å²) in [6.07, 6.45) is 1.71. The van der Waals surface area contributed by atoms with Crippen LogP contribution in [0.4, 0.5) is 0 Å². The predicted octanol–water partition coefficient (Wildman–Crippen LogP) is 5.22. The maximum Gasteiger partial charge on any atom is 0.195 e. The van der Waals surface area contributed by atoms with Crippen molar-refractivity contribution in [3.63, 3.8) is 0 Å². The van der Waals surface area contributed by atoms with Gasteiger partial charge < -0.3 is 4.74 Å². The molecule has 6 heteroatoms. The molecule has 29 heavy (non-hydrogen) atoms. The van der Waals surface area contributed by atoms with Crippen molar-refractivity contribution in [1.82, 2.24) is 0 Å². The lowest BCUT2D eigenvalue weighted by Gasteiger charge is -2.27. The van der Waals surface area contributed by atoms with Crippen LogP contribution in [0.2, 0.25) is 5.02 Å². The molecule has 0 bridgehead atoms. The fourth-order valence-corrected chi connectivity index (χ4v) is 5.08. The molecule has 0 radical (unpaired) electrons. The van der Waals surface area contributed by atoms with Crippen molar-refractivity contribution in [1.29, 1.82) is 5.26 Å². The highest BCUT2D eigenvalue weighted by Gasteiger charge is 2.38. The lowest BCUT2D eigenvalue weighted by atomic mass is 9.91.